The van der Waals surface area contributed by atoms with Gasteiger partial charge in [0.1, 0.15) is 0 Å². The molecule has 9 heavy (non-hydrogen) atoms. The largest absolute Gasteiger partial charge is 0.391 e. The van der Waals surface area contributed by atoms with Crippen molar-refractivity contribution < 1.29 is 9.90 Å². The van der Waals surface area contributed by atoms with Crippen LogP contribution in [0.5, 0.6) is 0 Å². The Morgan fingerprint density at radius 3 is 2.44 bits per heavy atom. The van der Waals surface area contributed by atoms with E-state index in [4.69, 9.17) is 5.11 Å². The van der Waals surface area contributed by atoms with Crippen molar-refractivity contribution in [3.8, 4) is 0 Å². The van der Waals surface area contributed by atoms with Gasteiger partial charge in [0.2, 0.25) is 5.91 Å². The third-order valence-corrected chi connectivity index (χ3v) is 1.04. The fraction of sp³-hybridized carbons (Fsp3) is 0.500. The number of carbonyl (C=O) groups is 1. The minimum absolute atomic E-state index is 0.198. The first-order valence-electron chi connectivity index (χ1n) is 2.74. The van der Waals surface area contributed by atoms with E-state index in [-0.39, 0.29) is 12.5 Å². The summed E-state index contributed by atoms with van der Waals surface area (Å²) < 4.78 is 0. The van der Waals surface area contributed by atoms with Crippen LogP contribution in [0.4, 0.5) is 0 Å². The first kappa shape index (κ1) is 8.17. The van der Waals surface area contributed by atoms with Gasteiger partial charge in [-0.25, -0.2) is 0 Å². The maximum atomic E-state index is 10.6. The summed E-state index contributed by atoms with van der Waals surface area (Å²) in [5.74, 6) is -0.222. The van der Waals surface area contributed by atoms with Crippen LogP contribution < -0.4 is 5.32 Å². The average Bonchev–Trinajstić information content (AvgIpc) is 1.90. The number of likely N-dealkylation sites (N-methyl/N-ethyl adjacent to an activating group) is 1. The number of aliphatic hydroxyl groups is 1. The van der Waals surface area contributed by atoms with Crippen LogP contribution in [-0.4, -0.2) is 24.7 Å². The zero-order chi connectivity index (χ0) is 7.28. The van der Waals surface area contributed by atoms with E-state index in [0.717, 1.165) is 0 Å². The zero-order valence-corrected chi connectivity index (χ0v) is 5.64. The lowest BCUT2D eigenvalue weighted by Crippen LogP contribution is -2.21. The minimum Gasteiger partial charge on any atom is -0.391 e. The van der Waals surface area contributed by atoms with E-state index >= 15 is 0 Å². The smallest absolute Gasteiger partial charge is 0.248 e. The maximum absolute atomic E-state index is 10.6. The quantitative estimate of drug-likeness (QED) is 0.501. The highest BCUT2D eigenvalue weighted by atomic mass is 16.3. The summed E-state index contributed by atoms with van der Waals surface area (Å²) in [6, 6.07) is 0. The van der Waals surface area contributed by atoms with Crippen molar-refractivity contribution in [1.29, 1.82) is 0 Å². The fourth-order valence-corrected chi connectivity index (χ4v) is 0.455. The van der Waals surface area contributed by atoms with Gasteiger partial charge in [0.05, 0.1) is 6.61 Å². The number of hydrogen-bond donors (Lipinski definition) is 2. The lowest BCUT2D eigenvalue weighted by molar-refractivity contribution is -0.117. The molecule has 3 nitrogen and oxygen atoms in total. The van der Waals surface area contributed by atoms with Crippen molar-refractivity contribution in [2.75, 3.05) is 13.7 Å². The van der Waals surface area contributed by atoms with Gasteiger partial charge in [-0.05, 0) is 6.92 Å². The number of rotatable bonds is 2. The van der Waals surface area contributed by atoms with E-state index in [2.05, 4.69) is 5.32 Å². The Kier molecular flexibility index (Phi) is 3.71. The standard InChI is InChI=1S/C6H11NO2/c1-3-5(4-8)6(9)7-2/h3,8H,4H2,1-2H3,(H,7,9). The van der Waals surface area contributed by atoms with Gasteiger partial charge >= 0.3 is 0 Å². The molecule has 0 saturated heterocycles. The van der Waals surface area contributed by atoms with Crippen LogP contribution in [0.1, 0.15) is 6.92 Å². The summed E-state index contributed by atoms with van der Waals surface area (Å²) in [4.78, 5) is 10.6. The summed E-state index contributed by atoms with van der Waals surface area (Å²) in [6.07, 6.45) is 1.58. The van der Waals surface area contributed by atoms with Gasteiger partial charge in [0.15, 0.2) is 0 Å². The topological polar surface area (TPSA) is 49.3 Å². The highest BCUT2D eigenvalue weighted by Gasteiger charge is 2.01. The summed E-state index contributed by atoms with van der Waals surface area (Å²) in [5, 5.41) is 10.9. The number of amides is 1. The van der Waals surface area contributed by atoms with Gasteiger partial charge in [0.25, 0.3) is 0 Å². The predicted octanol–water partition coefficient (Wildman–Crippen LogP) is -0.329. The van der Waals surface area contributed by atoms with Crippen LogP contribution in [0.2, 0.25) is 0 Å². The number of carbonyl (C=O) groups excluding carboxylic acids is 1. The molecule has 0 aromatic carbocycles. The Bertz CT molecular complexity index is 129. The molecule has 0 spiro atoms. The van der Waals surface area contributed by atoms with Crippen LogP contribution in [0, 0.1) is 0 Å². The van der Waals surface area contributed by atoms with Crippen LogP contribution in [0.15, 0.2) is 11.6 Å². The Hall–Kier alpha value is -0.830. The van der Waals surface area contributed by atoms with E-state index in [9.17, 15) is 4.79 Å². The highest BCUT2D eigenvalue weighted by molar-refractivity contribution is 5.93. The molecule has 1 amide bonds. The second-order valence-corrected chi connectivity index (χ2v) is 1.55. The van der Waals surface area contributed by atoms with E-state index in [1.54, 1.807) is 13.0 Å². The molecule has 0 saturated carbocycles. The molecule has 0 atom stereocenters. The van der Waals surface area contributed by atoms with E-state index < -0.39 is 0 Å². The van der Waals surface area contributed by atoms with E-state index in [1.165, 1.54) is 7.05 Å². The molecule has 0 aliphatic carbocycles. The SMILES string of the molecule is CC=C(CO)C(=O)NC. The lowest BCUT2D eigenvalue weighted by atomic mass is 10.2. The summed E-state index contributed by atoms with van der Waals surface area (Å²) in [7, 11) is 1.53. The Morgan fingerprint density at radius 2 is 2.33 bits per heavy atom. The van der Waals surface area contributed by atoms with Crippen molar-refractivity contribution in [3.63, 3.8) is 0 Å². The molecule has 0 aliphatic rings. The summed E-state index contributed by atoms with van der Waals surface area (Å²) in [6.45, 7) is 1.51. The molecule has 0 aliphatic heterocycles. The summed E-state index contributed by atoms with van der Waals surface area (Å²) in [5.41, 5.74) is 0.400. The first-order valence-corrected chi connectivity index (χ1v) is 2.74. The number of hydrogen-bond acceptors (Lipinski definition) is 2. The third kappa shape index (κ3) is 2.28. The molecule has 0 unspecified atom stereocenters. The van der Waals surface area contributed by atoms with Gasteiger partial charge in [0, 0.05) is 12.6 Å². The predicted molar refractivity (Wildman–Crippen MR) is 34.9 cm³/mol. The number of aliphatic hydroxyl groups excluding tert-OH is 1. The minimum atomic E-state index is -0.222. The highest BCUT2D eigenvalue weighted by Crippen LogP contribution is 1.89. The Labute approximate surface area is 54.4 Å². The van der Waals surface area contributed by atoms with Crippen molar-refractivity contribution in [1.82, 2.24) is 5.32 Å². The zero-order valence-electron chi connectivity index (χ0n) is 5.64. The van der Waals surface area contributed by atoms with Gasteiger partial charge in [-0.1, -0.05) is 6.08 Å². The van der Waals surface area contributed by atoms with E-state index in [1.807, 2.05) is 0 Å². The molecule has 0 aromatic rings. The van der Waals surface area contributed by atoms with Gasteiger partial charge in [-0.3, -0.25) is 4.79 Å². The van der Waals surface area contributed by atoms with Crippen LogP contribution in [-0.2, 0) is 4.79 Å². The van der Waals surface area contributed by atoms with Crippen LogP contribution in [0.3, 0.4) is 0 Å². The van der Waals surface area contributed by atoms with Gasteiger partial charge in [-0.15, -0.1) is 0 Å². The molecule has 3 heteroatoms. The average molecular weight is 129 g/mol. The first-order chi connectivity index (χ1) is 4.26. The lowest BCUT2D eigenvalue weighted by Gasteiger charge is -1.98. The van der Waals surface area contributed by atoms with Crippen molar-refractivity contribution in [2.24, 2.45) is 0 Å². The summed E-state index contributed by atoms with van der Waals surface area (Å²) >= 11 is 0. The number of nitrogens with one attached hydrogen (secondary N) is 1. The monoisotopic (exact) mass is 129 g/mol. The molecule has 0 aromatic heterocycles. The van der Waals surface area contributed by atoms with Gasteiger partial charge < -0.3 is 10.4 Å². The third-order valence-electron chi connectivity index (χ3n) is 1.04. The second kappa shape index (κ2) is 4.09. The van der Waals surface area contributed by atoms with Crippen LogP contribution >= 0.6 is 0 Å². The number of allylic oxidation sites excluding steroid dienone is 1. The molecular formula is C6H11NO2. The normalized spacial score (nSPS) is 11.2. The molecular weight excluding hydrogens is 118 g/mol. The van der Waals surface area contributed by atoms with Crippen molar-refractivity contribution in [2.45, 2.75) is 6.92 Å². The molecule has 2 N–H and O–H groups in total. The van der Waals surface area contributed by atoms with Crippen molar-refractivity contribution in [3.05, 3.63) is 11.6 Å². The molecule has 0 heterocycles. The van der Waals surface area contributed by atoms with E-state index in [0.29, 0.717) is 5.57 Å². The fourth-order valence-electron chi connectivity index (χ4n) is 0.455. The molecule has 0 rings (SSSR count). The van der Waals surface area contributed by atoms with Gasteiger partial charge in [-0.2, -0.15) is 0 Å². The Balaban J connectivity index is 3.97. The second-order valence-electron chi connectivity index (χ2n) is 1.55. The molecule has 0 fully saturated rings. The molecule has 0 radical (unpaired) electrons. The molecule has 52 valence electrons. The van der Waals surface area contributed by atoms with Crippen molar-refractivity contribution >= 4 is 5.91 Å². The van der Waals surface area contributed by atoms with Crippen LogP contribution in [0.25, 0.3) is 0 Å². The Morgan fingerprint density at radius 1 is 1.78 bits per heavy atom. The molecule has 0 bridgehead atoms. The maximum Gasteiger partial charge on any atom is 0.248 e.